The van der Waals surface area contributed by atoms with Crippen molar-refractivity contribution in [3.63, 3.8) is 0 Å². The van der Waals surface area contributed by atoms with Crippen molar-refractivity contribution in [2.24, 2.45) is 11.7 Å². The molecular formula is C23H27ClN2O3. The Kier molecular flexibility index (Phi) is 6.83. The lowest BCUT2D eigenvalue weighted by Crippen LogP contribution is -2.45. The minimum absolute atomic E-state index is 0. The molecule has 0 radical (unpaired) electrons. The first-order valence-electron chi connectivity index (χ1n) is 9.86. The molecule has 3 aromatic rings. The van der Waals surface area contributed by atoms with Gasteiger partial charge in [-0.15, -0.1) is 12.4 Å². The fourth-order valence-corrected chi connectivity index (χ4v) is 3.85. The molecule has 2 N–H and O–H groups in total. The number of nitrogens with zero attached hydrogens (tertiary/aromatic N) is 1. The van der Waals surface area contributed by atoms with Crippen LogP contribution in [-0.4, -0.2) is 29.9 Å². The van der Waals surface area contributed by atoms with Crippen LogP contribution in [0.25, 0.3) is 11.0 Å². The van der Waals surface area contributed by atoms with E-state index in [4.69, 9.17) is 14.9 Å². The highest BCUT2D eigenvalue weighted by Gasteiger charge is 2.30. The van der Waals surface area contributed by atoms with Crippen LogP contribution in [0.4, 0.5) is 0 Å². The van der Waals surface area contributed by atoms with E-state index in [2.05, 4.69) is 0 Å². The number of rotatable bonds is 5. The highest BCUT2D eigenvalue weighted by atomic mass is 35.5. The molecule has 1 aromatic heterocycles. The van der Waals surface area contributed by atoms with Gasteiger partial charge in [0, 0.05) is 30.1 Å². The Hall–Kier alpha value is -2.50. The Bertz CT molecular complexity index is 955. The molecular weight excluding hydrogens is 388 g/mol. The van der Waals surface area contributed by atoms with Crippen LogP contribution in [0, 0.1) is 5.92 Å². The molecule has 0 spiro atoms. The predicted molar refractivity (Wildman–Crippen MR) is 117 cm³/mol. The molecule has 0 saturated carbocycles. The first-order chi connectivity index (χ1) is 13.6. The van der Waals surface area contributed by atoms with Gasteiger partial charge in [0.1, 0.15) is 17.9 Å². The smallest absolute Gasteiger partial charge is 0.290 e. The summed E-state index contributed by atoms with van der Waals surface area (Å²) in [6.07, 6.45) is 2.03. The van der Waals surface area contributed by atoms with Gasteiger partial charge in [-0.05, 0) is 43.9 Å². The number of piperidine rings is 1. The van der Waals surface area contributed by atoms with Crippen molar-refractivity contribution in [1.82, 2.24) is 4.90 Å². The van der Waals surface area contributed by atoms with Crippen LogP contribution in [0.2, 0.25) is 0 Å². The normalized spacial score (nSPS) is 17.6. The van der Waals surface area contributed by atoms with Crippen molar-refractivity contribution in [1.29, 1.82) is 0 Å². The summed E-state index contributed by atoms with van der Waals surface area (Å²) in [5.41, 5.74) is 7.60. The third-order valence-corrected chi connectivity index (χ3v) is 5.51. The van der Waals surface area contributed by atoms with Crippen LogP contribution in [0.1, 0.15) is 35.9 Å². The number of carbonyl (C=O) groups excluding carboxylic acids is 1. The first kappa shape index (κ1) is 21.2. The predicted octanol–water partition coefficient (Wildman–Crippen LogP) is 4.63. The fraction of sp³-hybridized carbons (Fsp3) is 0.348. The number of nitrogens with two attached hydrogens (primary N) is 1. The van der Waals surface area contributed by atoms with E-state index >= 15 is 0 Å². The standard InChI is InChI=1S/C23H26N2O3.ClH/c1-16(24)17-8-7-13-25(14-17)23(26)22-20(15-27-18-9-3-2-4-10-18)19-11-5-6-12-21(19)28-22;/h2-6,9-12,16-17H,7-8,13-15,24H2,1H3;1H. The number of benzene rings is 2. The first-order valence-corrected chi connectivity index (χ1v) is 9.86. The van der Waals surface area contributed by atoms with E-state index in [9.17, 15) is 4.79 Å². The van der Waals surface area contributed by atoms with E-state index in [0.717, 1.165) is 36.1 Å². The topological polar surface area (TPSA) is 68.7 Å². The Balaban J connectivity index is 0.00000240. The zero-order valence-electron chi connectivity index (χ0n) is 16.5. The number of para-hydroxylation sites is 2. The van der Waals surface area contributed by atoms with Gasteiger partial charge in [-0.3, -0.25) is 4.79 Å². The Morgan fingerprint density at radius 3 is 2.69 bits per heavy atom. The molecule has 0 bridgehead atoms. The van der Waals surface area contributed by atoms with E-state index < -0.39 is 0 Å². The molecule has 1 aliphatic heterocycles. The second-order valence-corrected chi connectivity index (χ2v) is 7.52. The number of amides is 1. The van der Waals surface area contributed by atoms with Crippen molar-refractivity contribution >= 4 is 29.3 Å². The van der Waals surface area contributed by atoms with Crippen molar-refractivity contribution in [2.75, 3.05) is 13.1 Å². The molecule has 5 nitrogen and oxygen atoms in total. The molecule has 1 aliphatic rings. The monoisotopic (exact) mass is 414 g/mol. The van der Waals surface area contributed by atoms with E-state index in [1.807, 2.05) is 66.4 Å². The molecule has 0 aliphatic carbocycles. The molecule has 4 rings (SSSR count). The Morgan fingerprint density at radius 2 is 1.93 bits per heavy atom. The van der Waals surface area contributed by atoms with E-state index in [1.165, 1.54) is 0 Å². The van der Waals surface area contributed by atoms with Gasteiger partial charge in [-0.1, -0.05) is 36.4 Å². The van der Waals surface area contributed by atoms with Crippen LogP contribution in [0.15, 0.2) is 59.0 Å². The number of hydrogen-bond acceptors (Lipinski definition) is 4. The second kappa shape index (κ2) is 9.33. The lowest BCUT2D eigenvalue weighted by Gasteiger charge is -2.34. The summed E-state index contributed by atoms with van der Waals surface area (Å²) in [6, 6.07) is 17.4. The lowest BCUT2D eigenvalue weighted by atomic mass is 9.92. The van der Waals surface area contributed by atoms with Crippen molar-refractivity contribution < 1.29 is 13.9 Å². The van der Waals surface area contributed by atoms with Crippen molar-refractivity contribution in [3.8, 4) is 5.75 Å². The van der Waals surface area contributed by atoms with E-state index in [0.29, 0.717) is 23.8 Å². The summed E-state index contributed by atoms with van der Waals surface area (Å²) >= 11 is 0. The highest BCUT2D eigenvalue weighted by Crippen LogP contribution is 2.30. The Morgan fingerprint density at radius 1 is 1.21 bits per heavy atom. The maximum atomic E-state index is 13.3. The van der Waals surface area contributed by atoms with Crippen LogP contribution < -0.4 is 10.5 Å². The summed E-state index contributed by atoms with van der Waals surface area (Å²) in [7, 11) is 0. The number of carbonyl (C=O) groups is 1. The maximum absolute atomic E-state index is 13.3. The number of halogens is 1. The molecule has 2 aromatic carbocycles. The number of furan rings is 1. The molecule has 2 heterocycles. The van der Waals surface area contributed by atoms with E-state index in [-0.39, 0.29) is 31.0 Å². The maximum Gasteiger partial charge on any atom is 0.290 e. The number of fused-ring (bicyclic) bond motifs is 1. The van der Waals surface area contributed by atoms with Crippen LogP contribution in [0.3, 0.4) is 0 Å². The van der Waals surface area contributed by atoms with E-state index in [1.54, 1.807) is 0 Å². The van der Waals surface area contributed by atoms with Gasteiger partial charge in [-0.25, -0.2) is 0 Å². The average molecular weight is 415 g/mol. The quantitative estimate of drug-likeness (QED) is 0.660. The second-order valence-electron chi connectivity index (χ2n) is 7.52. The third-order valence-electron chi connectivity index (χ3n) is 5.51. The number of likely N-dealkylation sites (tertiary alicyclic amines) is 1. The number of hydrogen-bond donors (Lipinski definition) is 1. The number of ether oxygens (including phenoxy) is 1. The zero-order valence-corrected chi connectivity index (χ0v) is 17.4. The SMILES string of the molecule is CC(N)C1CCCN(C(=O)c2oc3ccccc3c2COc2ccccc2)C1.Cl. The summed E-state index contributed by atoms with van der Waals surface area (Å²) in [5.74, 6) is 1.39. The average Bonchev–Trinajstić information content (AvgIpc) is 3.11. The molecule has 1 saturated heterocycles. The van der Waals surface area contributed by atoms with Gasteiger partial charge in [0.15, 0.2) is 5.76 Å². The highest BCUT2D eigenvalue weighted by molar-refractivity contribution is 5.99. The lowest BCUT2D eigenvalue weighted by molar-refractivity contribution is 0.0628. The fourth-order valence-electron chi connectivity index (χ4n) is 3.85. The summed E-state index contributed by atoms with van der Waals surface area (Å²) in [6.45, 7) is 3.70. The summed E-state index contributed by atoms with van der Waals surface area (Å²) < 4.78 is 11.9. The summed E-state index contributed by atoms with van der Waals surface area (Å²) in [5, 5.41) is 0.919. The minimum Gasteiger partial charge on any atom is -0.489 e. The van der Waals surface area contributed by atoms with Gasteiger partial charge in [0.2, 0.25) is 0 Å². The molecule has 2 unspecified atom stereocenters. The van der Waals surface area contributed by atoms with Crippen LogP contribution in [0.5, 0.6) is 5.75 Å². The Labute approximate surface area is 177 Å². The van der Waals surface area contributed by atoms with Gasteiger partial charge < -0.3 is 19.8 Å². The minimum atomic E-state index is -0.0757. The zero-order chi connectivity index (χ0) is 19.5. The molecule has 1 amide bonds. The molecule has 1 fully saturated rings. The van der Waals surface area contributed by atoms with Crippen LogP contribution in [-0.2, 0) is 6.61 Å². The van der Waals surface area contributed by atoms with Gasteiger partial charge in [0.05, 0.1) is 0 Å². The van der Waals surface area contributed by atoms with Gasteiger partial charge >= 0.3 is 0 Å². The molecule has 2 atom stereocenters. The van der Waals surface area contributed by atoms with Crippen molar-refractivity contribution in [3.05, 3.63) is 65.9 Å². The summed E-state index contributed by atoms with van der Waals surface area (Å²) in [4.78, 5) is 15.2. The van der Waals surface area contributed by atoms with Crippen molar-refractivity contribution in [2.45, 2.75) is 32.4 Å². The van der Waals surface area contributed by atoms with Gasteiger partial charge in [0.25, 0.3) is 5.91 Å². The molecule has 29 heavy (non-hydrogen) atoms. The van der Waals surface area contributed by atoms with Gasteiger partial charge in [-0.2, -0.15) is 0 Å². The third kappa shape index (κ3) is 4.57. The van der Waals surface area contributed by atoms with Crippen LogP contribution >= 0.6 is 12.4 Å². The molecule has 6 heteroatoms. The molecule has 154 valence electrons. The largest absolute Gasteiger partial charge is 0.489 e.